The topological polar surface area (TPSA) is 716 Å². The number of nitrogens with two attached hydrogens (primary N) is 4. The number of amides is 15. The maximum Gasteiger partial charge on any atom is 0.328 e. The summed E-state index contributed by atoms with van der Waals surface area (Å²) >= 11 is 4.15. The summed E-state index contributed by atoms with van der Waals surface area (Å²) in [5, 5.41) is 95.6. The van der Waals surface area contributed by atoms with Gasteiger partial charge in [0.25, 0.3) is 0 Å². The average molecular weight is 1620 g/mol. The molecule has 2 aliphatic rings. The molecule has 630 valence electrons. The number of phenolic OH excluding ortho intramolecular Hbond substituents is 1. The number of nitrogens with one attached hydrogen (secondary N) is 12. The van der Waals surface area contributed by atoms with Crippen molar-refractivity contribution in [2.75, 3.05) is 45.1 Å². The van der Waals surface area contributed by atoms with E-state index in [0.717, 1.165) is 0 Å². The van der Waals surface area contributed by atoms with Gasteiger partial charge in [-0.25, -0.2) is 4.79 Å². The number of aliphatic imine (C=N–C) groups is 1. The maximum absolute atomic E-state index is 14.6. The first-order valence-corrected chi connectivity index (χ1v) is 36.9. The molecule has 2 saturated heterocycles. The number of thiol groups is 1. The fourth-order valence-electron chi connectivity index (χ4n) is 11.7. The van der Waals surface area contributed by atoms with Gasteiger partial charge in [0.15, 0.2) is 5.96 Å². The Bertz CT molecular complexity index is 3600. The first-order chi connectivity index (χ1) is 53.0. The summed E-state index contributed by atoms with van der Waals surface area (Å²) in [4.78, 5) is 248. The number of hydrogen-bond donors (Lipinski definition) is 24. The third kappa shape index (κ3) is 31.2. The lowest BCUT2D eigenvalue weighted by atomic mass is 9.99. The van der Waals surface area contributed by atoms with Gasteiger partial charge in [0, 0.05) is 38.2 Å². The van der Waals surface area contributed by atoms with Crippen molar-refractivity contribution in [2.45, 2.75) is 210 Å². The number of guanidine groups is 1. The zero-order chi connectivity index (χ0) is 85.4. The molecule has 1 aromatic carbocycles. The van der Waals surface area contributed by atoms with Crippen molar-refractivity contribution >= 4 is 125 Å². The lowest BCUT2D eigenvalue weighted by Crippen LogP contribution is -2.62. The second kappa shape index (κ2) is 46.7. The van der Waals surface area contributed by atoms with Crippen molar-refractivity contribution in [3.8, 4) is 5.75 Å². The Morgan fingerprint density at radius 1 is 0.504 bits per heavy atom. The quantitative estimate of drug-likeness (QED) is 0.0125. The minimum Gasteiger partial charge on any atom is -0.508 e. The van der Waals surface area contributed by atoms with Gasteiger partial charge >= 0.3 is 17.9 Å². The predicted octanol–water partition coefficient (Wildman–Crippen LogP) is -9.69. The number of aliphatic hydroxyl groups excluding tert-OH is 3. The highest BCUT2D eigenvalue weighted by atomic mass is 32.1. The highest BCUT2D eigenvalue weighted by Gasteiger charge is 2.45. The molecule has 0 radical (unpaired) electrons. The number of carboxylic acids is 3. The van der Waals surface area contributed by atoms with E-state index < -0.39 is 273 Å². The van der Waals surface area contributed by atoms with E-state index in [0.29, 0.717) is 12.0 Å². The zero-order valence-corrected chi connectivity index (χ0v) is 64.4. The minimum absolute atomic E-state index is 0.0343. The Balaban J connectivity index is 1.83. The largest absolute Gasteiger partial charge is 0.508 e. The van der Waals surface area contributed by atoms with Crippen LogP contribution in [0.3, 0.4) is 0 Å². The second-order valence-electron chi connectivity index (χ2n) is 28.0. The van der Waals surface area contributed by atoms with Crippen LogP contribution in [0.5, 0.6) is 5.75 Å². The van der Waals surface area contributed by atoms with Crippen LogP contribution < -0.4 is 86.7 Å². The van der Waals surface area contributed by atoms with Crippen LogP contribution in [0, 0.1) is 17.8 Å². The van der Waals surface area contributed by atoms with Crippen LogP contribution >= 0.6 is 12.6 Å². The van der Waals surface area contributed by atoms with Crippen molar-refractivity contribution in [1.29, 1.82) is 0 Å². The number of aliphatic carboxylic acids is 3. The lowest BCUT2D eigenvalue weighted by molar-refractivity contribution is -0.145. The van der Waals surface area contributed by atoms with E-state index in [9.17, 15) is 117 Å². The molecular formula is C68H107N19O25S. The minimum atomic E-state index is -2.06. The van der Waals surface area contributed by atoms with Gasteiger partial charge in [0.05, 0.1) is 38.7 Å². The molecule has 2 fully saturated rings. The molecule has 113 heavy (non-hydrogen) atoms. The van der Waals surface area contributed by atoms with Crippen LogP contribution in [-0.2, 0) is 92.7 Å². The molecule has 0 saturated carbocycles. The molecule has 0 aromatic heterocycles. The van der Waals surface area contributed by atoms with Crippen LogP contribution in [0.4, 0.5) is 0 Å². The normalized spacial score (nSPS) is 17.3. The molecule has 0 aliphatic carbocycles. The highest BCUT2D eigenvalue weighted by Crippen LogP contribution is 2.25. The third-order valence-electron chi connectivity index (χ3n) is 18.0. The Labute approximate surface area is 654 Å². The summed E-state index contributed by atoms with van der Waals surface area (Å²) in [6, 6.07) is -17.4. The molecule has 1 aromatic rings. The number of carboxylic acid groups (broad SMARTS) is 3. The molecule has 45 heteroatoms. The number of aromatic hydroxyl groups is 1. The van der Waals surface area contributed by atoms with Crippen molar-refractivity contribution in [3.05, 3.63) is 29.8 Å². The van der Waals surface area contributed by atoms with Crippen molar-refractivity contribution in [3.63, 3.8) is 0 Å². The molecule has 0 spiro atoms. The van der Waals surface area contributed by atoms with Gasteiger partial charge < -0.3 is 132 Å². The number of benzene rings is 1. The summed E-state index contributed by atoms with van der Waals surface area (Å²) in [7, 11) is 0. The van der Waals surface area contributed by atoms with E-state index in [1.165, 1.54) is 68.7 Å². The lowest BCUT2D eigenvalue weighted by Gasteiger charge is -2.34. The molecule has 15 atom stereocenters. The zero-order valence-electron chi connectivity index (χ0n) is 63.5. The molecule has 2 heterocycles. The monoisotopic (exact) mass is 1620 g/mol. The standard InChI is InChI=1S/C68H107N19O25S/c1-30(2)51(83-55(99)37(18-19-48(94)95)76-60(104)43(29-113)82-57(101)40(25-49(96)97)79-56(100)38(23-34-14-16-35(91)17-15-34)78-54(98)36(11-8-20-73-68(71)72)77-63(107)50(70)33(7)90)64(108)80-39(24-46(69)92)58(102)84-52(31(3)4)65(109)87-22-10-13-45(87)62(106)85-53(32(5)6)66(110)86-21-9-12-44(86)61(105)74-26-47(93)75-41(27-88)59(103)81-42(28-89)67(111)112/h14-17,30-33,36-45,50-53,88-91,113H,8-13,18-29,70H2,1-7H3,(H2,69,92)(H,74,105)(H,75,93)(H,76,104)(H,77,107)(H,78,98)(H,79,100)(H,80,108)(H,81,103)(H,82,101)(H,83,99)(H,84,102)(H,85,106)(H,94,95)(H,96,97)(H,111,112)(H4,71,72,73)/t33-,36+,37+,38+,39+,40+,41+,42+,43+,44+,45+,50+,51+,52+,53+/m1/s1. The van der Waals surface area contributed by atoms with E-state index in [4.69, 9.17) is 28.0 Å². The SMILES string of the molecule is CC(C)[C@H](NC(=O)[C@H](CCC(=O)O)NC(=O)[C@H](CS)NC(=O)[C@H](CC(=O)O)NC(=O)[C@H](Cc1ccc(O)cc1)NC(=O)[C@H](CCCN=C(N)N)NC(=O)[C@@H](N)[C@@H](C)O)C(=O)N[C@@H](CC(N)=O)C(=O)N[C@H](C(=O)N1CCC[C@H]1C(=O)N[C@H](C(=O)N1CCC[C@H]1C(=O)NCC(=O)N[C@@H](CO)C(=O)N[C@@H](CO)C(=O)O)C(C)C)C(C)C. The number of hydrogen-bond acceptors (Lipinski definition) is 25. The molecule has 27 N–H and O–H groups in total. The Kier molecular flexibility index (Phi) is 39.7. The van der Waals surface area contributed by atoms with Gasteiger partial charge in [-0.2, -0.15) is 12.6 Å². The van der Waals surface area contributed by atoms with E-state index >= 15 is 0 Å². The van der Waals surface area contributed by atoms with Gasteiger partial charge in [0.1, 0.15) is 90.3 Å². The molecular weight excluding hydrogens is 1510 g/mol. The number of nitrogens with zero attached hydrogens (tertiary/aromatic N) is 3. The number of rotatable bonds is 47. The Hall–Kier alpha value is -11.1. The van der Waals surface area contributed by atoms with Gasteiger partial charge in [-0.1, -0.05) is 53.7 Å². The first kappa shape index (κ1) is 96.1. The van der Waals surface area contributed by atoms with E-state index in [1.54, 1.807) is 13.8 Å². The van der Waals surface area contributed by atoms with Crippen LogP contribution in [0.15, 0.2) is 29.3 Å². The van der Waals surface area contributed by atoms with Gasteiger partial charge in [0.2, 0.25) is 88.6 Å². The second-order valence-corrected chi connectivity index (χ2v) is 28.4. The van der Waals surface area contributed by atoms with Crippen LogP contribution in [0.2, 0.25) is 0 Å². The fourth-order valence-corrected chi connectivity index (χ4v) is 11.9. The number of carbonyl (C=O) groups excluding carboxylic acids is 15. The number of aliphatic hydroxyl groups is 3. The fraction of sp³-hybridized carbons (Fsp3) is 0.632. The summed E-state index contributed by atoms with van der Waals surface area (Å²) < 4.78 is 0. The summed E-state index contributed by atoms with van der Waals surface area (Å²) in [6.45, 7) is 7.54. The maximum atomic E-state index is 14.6. The van der Waals surface area contributed by atoms with Crippen molar-refractivity contribution in [2.24, 2.45) is 45.7 Å². The molecule has 0 unspecified atom stereocenters. The van der Waals surface area contributed by atoms with Crippen LogP contribution in [0.1, 0.15) is 118 Å². The average Bonchev–Trinajstić information content (AvgIpc) is 1.70. The number of likely N-dealkylation sites (tertiary alicyclic amines) is 2. The van der Waals surface area contributed by atoms with Gasteiger partial charge in [-0.05, 0) is 87.3 Å². The molecule has 0 bridgehead atoms. The van der Waals surface area contributed by atoms with Crippen molar-refractivity contribution in [1.82, 2.24) is 73.6 Å². The number of carbonyl (C=O) groups is 18. The van der Waals surface area contributed by atoms with Gasteiger partial charge in [-0.3, -0.25) is 86.5 Å². The smallest absolute Gasteiger partial charge is 0.328 e. The predicted molar refractivity (Wildman–Crippen MR) is 398 cm³/mol. The van der Waals surface area contributed by atoms with E-state index in [1.807, 2.05) is 5.32 Å². The molecule has 44 nitrogen and oxygen atoms in total. The number of primary amides is 1. The van der Waals surface area contributed by atoms with Gasteiger partial charge in [-0.15, -0.1) is 0 Å². The molecule has 15 amide bonds. The number of phenols is 1. The summed E-state index contributed by atoms with van der Waals surface area (Å²) in [6.07, 6.45) is -4.73. The first-order valence-electron chi connectivity index (χ1n) is 36.2. The molecule has 2 aliphatic heterocycles. The van der Waals surface area contributed by atoms with Crippen LogP contribution in [-0.4, -0.2) is 294 Å². The van der Waals surface area contributed by atoms with Crippen LogP contribution in [0.25, 0.3) is 0 Å². The van der Waals surface area contributed by atoms with E-state index in [-0.39, 0.29) is 63.4 Å². The van der Waals surface area contributed by atoms with Crippen molar-refractivity contribution < 1.29 is 122 Å². The molecule has 3 rings (SSSR count). The van der Waals surface area contributed by atoms with E-state index in [2.05, 4.69) is 76.1 Å². The highest BCUT2D eigenvalue weighted by molar-refractivity contribution is 7.80. The third-order valence-corrected chi connectivity index (χ3v) is 18.4. The Morgan fingerprint density at radius 3 is 1.44 bits per heavy atom. The summed E-state index contributed by atoms with van der Waals surface area (Å²) in [5.74, 6) is -23.9. The summed E-state index contributed by atoms with van der Waals surface area (Å²) in [5.41, 5.74) is 22.5. The Morgan fingerprint density at radius 2 is 0.938 bits per heavy atom.